The minimum atomic E-state index is -4.18. The second-order valence-electron chi connectivity index (χ2n) is 6.56. The van der Waals surface area contributed by atoms with E-state index in [0.29, 0.717) is 22.8 Å². The number of fused-ring (bicyclic) bond motifs is 3. The molecule has 0 unspecified atom stereocenters. The standard InChI is InChI=1S/C20H19N3O4S2/c1-4-27-16-8-6-5-7-14(16)22-29(25,26)18-13(3)21-20-23(19(18)24)15-10-9-12(2)11-17(15)28-20/h5-11,22H,4H2,1-3H3. The van der Waals surface area contributed by atoms with Crippen LogP contribution in [0.1, 0.15) is 18.2 Å². The molecule has 0 radical (unpaired) electrons. The number of hydrogen-bond acceptors (Lipinski definition) is 6. The Morgan fingerprint density at radius 2 is 1.93 bits per heavy atom. The molecule has 0 aliphatic heterocycles. The van der Waals surface area contributed by atoms with Crippen molar-refractivity contribution in [3.63, 3.8) is 0 Å². The van der Waals surface area contributed by atoms with E-state index in [0.717, 1.165) is 10.3 Å². The summed E-state index contributed by atoms with van der Waals surface area (Å²) in [4.78, 5) is 17.7. The number of ether oxygens (including phenoxy) is 1. The average molecular weight is 430 g/mol. The van der Waals surface area contributed by atoms with Gasteiger partial charge < -0.3 is 4.74 Å². The summed E-state index contributed by atoms with van der Waals surface area (Å²) in [5.74, 6) is 0.391. The number of hydrogen-bond donors (Lipinski definition) is 1. The summed E-state index contributed by atoms with van der Waals surface area (Å²) in [7, 11) is -4.18. The largest absolute Gasteiger partial charge is 0.492 e. The van der Waals surface area contributed by atoms with Gasteiger partial charge in [-0.2, -0.15) is 0 Å². The quantitative estimate of drug-likeness (QED) is 0.522. The van der Waals surface area contributed by atoms with Crippen molar-refractivity contribution in [2.75, 3.05) is 11.3 Å². The van der Waals surface area contributed by atoms with Crippen molar-refractivity contribution in [1.82, 2.24) is 9.38 Å². The van der Waals surface area contributed by atoms with Gasteiger partial charge in [-0.25, -0.2) is 17.8 Å². The third-order valence-corrected chi connectivity index (χ3v) is 6.94. The molecule has 1 N–H and O–H groups in total. The molecule has 29 heavy (non-hydrogen) atoms. The Labute approximate surface area is 171 Å². The molecule has 9 heteroatoms. The monoisotopic (exact) mass is 429 g/mol. The summed E-state index contributed by atoms with van der Waals surface area (Å²) in [5.41, 5.74) is 1.49. The van der Waals surface area contributed by atoms with Crippen LogP contribution in [0.3, 0.4) is 0 Å². The zero-order valence-corrected chi connectivity index (χ0v) is 17.7. The molecular formula is C20H19N3O4S2. The van der Waals surface area contributed by atoms with E-state index < -0.39 is 15.6 Å². The van der Waals surface area contributed by atoms with Crippen LogP contribution in [-0.2, 0) is 10.0 Å². The summed E-state index contributed by atoms with van der Waals surface area (Å²) in [6.45, 7) is 5.68. The fourth-order valence-electron chi connectivity index (χ4n) is 3.19. The molecule has 0 bridgehead atoms. The zero-order valence-electron chi connectivity index (χ0n) is 16.1. The molecule has 0 fully saturated rings. The maximum absolute atomic E-state index is 13.2. The maximum Gasteiger partial charge on any atom is 0.280 e. The van der Waals surface area contributed by atoms with Crippen molar-refractivity contribution in [2.45, 2.75) is 25.7 Å². The first kappa shape index (κ1) is 19.4. The molecule has 0 saturated heterocycles. The maximum atomic E-state index is 13.2. The van der Waals surface area contributed by atoms with Crippen molar-refractivity contribution < 1.29 is 13.2 Å². The Morgan fingerprint density at radius 3 is 2.69 bits per heavy atom. The Balaban J connectivity index is 1.91. The predicted molar refractivity (Wildman–Crippen MR) is 115 cm³/mol. The SMILES string of the molecule is CCOc1ccccc1NS(=O)(=O)c1c(C)nc2sc3cc(C)ccc3n2c1=O. The fourth-order valence-corrected chi connectivity index (χ4v) is 5.67. The van der Waals surface area contributed by atoms with Crippen LogP contribution in [0.4, 0.5) is 5.69 Å². The second kappa shape index (κ2) is 7.16. The average Bonchev–Trinajstić information content (AvgIpc) is 3.00. The number of benzene rings is 2. The highest BCUT2D eigenvalue weighted by Crippen LogP contribution is 2.29. The number of aryl methyl sites for hydroxylation is 2. The first-order chi connectivity index (χ1) is 13.8. The highest BCUT2D eigenvalue weighted by molar-refractivity contribution is 7.92. The highest BCUT2D eigenvalue weighted by atomic mass is 32.2. The van der Waals surface area contributed by atoms with Gasteiger partial charge in [0, 0.05) is 0 Å². The van der Waals surface area contributed by atoms with Gasteiger partial charge in [0.2, 0.25) is 0 Å². The summed E-state index contributed by atoms with van der Waals surface area (Å²) in [6, 6.07) is 12.3. The highest BCUT2D eigenvalue weighted by Gasteiger charge is 2.26. The van der Waals surface area contributed by atoms with E-state index in [-0.39, 0.29) is 16.3 Å². The van der Waals surface area contributed by atoms with Crippen LogP contribution in [0, 0.1) is 13.8 Å². The molecule has 2 aromatic heterocycles. The van der Waals surface area contributed by atoms with E-state index in [4.69, 9.17) is 4.74 Å². The van der Waals surface area contributed by atoms with Gasteiger partial charge in [0.1, 0.15) is 5.75 Å². The first-order valence-corrected chi connectivity index (χ1v) is 11.3. The number of anilines is 1. The molecule has 0 saturated carbocycles. The molecule has 2 heterocycles. The Kier molecular flexibility index (Phi) is 4.79. The molecule has 2 aromatic carbocycles. The fraction of sp³-hybridized carbons (Fsp3) is 0.200. The van der Waals surface area contributed by atoms with Crippen LogP contribution in [0.25, 0.3) is 15.2 Å². The number of para-hydroxylation sites is 2. The summed E-state index contributed by atoms with van der Waals surface area (Å²) >= 11 is 1.35. The van der Waals surface area contributed by atoms with Crippen LogP contribution in [0.2, 0.25) is 0 Å². The van der Waals surface area contributed by atoms with E-state index in [1.165, 1.54) is 22.7 Å². The smallest absolute Gasteiger partial charge is 0.280 e. The van der Waals surface area contributed by atoms with Crippen LogP contribution >= 0.6 is 11.3 Å². The van der Waals surface area contributed by atoms with E-state index in [1.807, 2.05) is 26.0 Å². The van der Waals surface area contributed by atoms with Crippen LogP contribution < -0.4 is 15.0 Å². The molecule has 7 nitrogen and oxygen atoms in total. The van der Waals surface area contributed by atoms with Gasteiger partial charge in [-0.3, -0.25) is 9.52 Å². The number of rotatable bonds is 5. The van der Waals surface area contributed by atoms with Gasteiger partial charge >= 0.3 is 0 Å². The molecule has 0 spiro atoms. The Bertz CT molecular complexity index is 1400. The summed E-state index contributed by atoms with van der Waals surface area (Å²) < 4.78 is 36.5. The van der Waals surface area contributed by atoms with Gasteiger partial charge in [0.25, 0.3) is 15.6 Å². The topological polar surface area (TPSA) is 89.8 Å². The van der Waals surface area contributed by atoms with Gasteiger partial charge in [-0.05, 0) is 50.6 Å². The van der Waals surface area contributed by atoms with Crippen molar-refractivity contribution >= 4 is 42.2 Å². The van der Waals surface area contributed by atoms with E-state index >= 15 is 0 Å². The van der Waals surface area contributed by atoms with Crippen molar-refractivity contribution in [2.24, 2.45) is 0 Å². The lowest BCUT2D eigenvalue weighted by molar-refractivity contribution is 0.342. The van der Waals surface area contributed by atoms with E-state index in [2.05, 4.69) is 9.71 Å². The number of nitrogens with one attached hydrogen (secondary N) is 1. The molecule has 0 amide bonds. The molecule has 0 atom stereocenters. The minimum Gasteiger partial charge on any atom is -0.492 e. The Morgan fingerprint density at radius 1 is 1.17 bits per heavy atom. The zero-order chi connectivity index (χ0) is 20.8. The molecule has 0 aliphatic carbocycles. The summed E-state index contributed by atoms with van der Waals surface area (Å²) in [5, 5.41) is 0. The lowest BCUT2D eigenvalue weighted by Crippen LogP contribution is -2.27. The van der Waals surface area contributed by atoms with E-state index in [1.54, 1.807) is 30.3 Å². The van der Waals surface area contributed by atoms with Crippen molar-refractivity contribution in [3.8, 4) is 5.75 Å². The second-order valence-corrected chi connectivity index (χ2v) is 9.19. The van der Waals surface area contributed by atoms with Crippen LogP contribution in [0.5, 0.6) is 5.75 Å². The number of aromatic nitrogens is 2. The molecular weight excluding hydrogens is 410 g/mol. The van der Waals surface area contributed by atoms with Gasteiger partial charge in [-0.15, -0.1) is 0 Å². The first-order valence-electron chi connectivity index (χ1n) is 8.99. The van der Waals surface area contributed by atoms with Crippen molar-refractivity contribution in [3.05, 3.63) is 64.1 Å². The van der Waals surface area contributed by atoms with Crippen LogP contribution in [-0.4, -0.2) is 24.4 Å². The molecule has 0 aliphatic rings. The normalized spacial score (nSPS) is 11.8. The molecule has 4 rings (SSSR count). The molecule has 150 valence electrons. The third-order valence-electron chi connectivity index (χ3n) is 4.44. The molecule has 4 aromatic rings. The van der Waals surface area contributed by atoms with Gasteiger partial charge in [-0.1, -0.05) is 29.5 Å². The number of nitrogens with zero attached hydrogens (tertiary/aromatic N) is 2. The Hall–Kier alpha value is -2.91. The van der Waals surface area contributed by atoms with Gasteiger partial charge in [0.05, 0.1) is 28.2 Å². The number of sulfonamides is 1. The lowest BCUT2D eigenvalue weighted by Gasteiger charge is -2.13. The van der Waals surface area contributed by atoms with Gasteiger partial charge in [0.15, 0.2) is 9.86 Å². The third kappa shape index (κ3) is 3.36. The van der Waals surface area contributed by atoms with E-state index in [9.17, 15) is 13.2 Å². The van der Waals surface area contributed by atoms with Crippen LogP contribution in [0.15, 0.2) is 52.2 Å². The minimum absolute atomic E-state index is 0.152. The lowest BCUT2D eigenvalue weighted by atomic mass is 10.2. The predicted octanol–water partition coefficient (Wildman–Crippen LogP) is 3.73. The van der Waals surface area contributed by atoms with Crippen molar-refractivity contribution in [1.29, 1.82) is 0 Å². The summed E-state index contributed by atoms with van der Waals surface area (Å²) in [6.07, 6.45) is 0. The number of thiazole rings is 1.